The first-order chi connectivity index (χ1) is 10.5. The third kappa shape index (κ3) is 3.36. The van der Waals surface area contributed by atoms with Crippen LogP contribution in [-0.4, -0.2) is 8.42 Å². The van der Waals surface area contributed by atoms with Gasteiger partial charge >= 0.3 is 0 Å². The predicted molar refractivity (Wildman–Crippen MR) is 83.4 cm³/mol. The van der Waals surface area contributed by atoms with E-state index in [4.69, 9.17) is 0 Å². The standard InChI is InChI=1S/C17H18FNO2S/c1-12-2-10-16(11-3-12)22(20,21)19-17(13-4-5-13)14-6-8-15(18)9-7-14/h2-3,6-11,13,17,19H,4-5H2,1H3/t17-/m0/s1. The molecule has 3 nitrogen and oxygen atoms in total. The molecular formula is C17H18FNO2S. The number of sulfonamides is 1. The highest BCUT2D eigenvalue weighted by molar-refractivity contribution is 7.89. The molecule has 22 heavy (non-hydrogen) atoms. The summed E-state index contributed by atoms with van der Waals surface area (Å²) in [4.78, 5) is 0.255. The SMILES string of the molecule is Cc1ccc(S(=O)(=O)N[C@H](c2ccc(F)cc2)C2CC2)cc1. The Morgan fingerprint density at radius 3 is 2.18 bits per heavy atom. The van der Waals surface area contributed by atoms with Crippen molar-refractivity contribution in [1.29, 1.82) is 0 Å². The highest BCUT2D eigenvalue weighted by atomic mass is 32.2. The molecule has 1 atom stereocenters. The van der Waals surface area contributed by atoms with Crippen LogP contribution in [0.2, 0.25) is 0 Å². The van der Waals surface area contributed by atoms with E-state index >= 15 is 0 Å². The maximum atomic E-state index is 13.1. The molecule has 0 aromatic heterocycles. The van der Waals surface area contributed by atoms with Gasteiger partial charge in [-0.15, -0.1) is 0 Å². The van der Waals surface area contributed by atoms with Gasteiger partial charge in [0.2, 0.25) is 10.0 Å². The van der Waals surface area contributed by atoms with Crippen LogP contribution in [0.5, 0.6) is 0 Å². The first kappa shape index (κ1) is 15.2. The van der Waals surface area contributed by atoms with Crippen LogP contribution in [0.3, 0.4) is 0 Å². The maximum Gasteiger partial charge on any atom is 0.241 e. The van der Waals surface area contributed by atoms with Crippen molar-refractivity contribution < 1.29 is 12.8 Å². The van der Waals surface area contributed by atoms with Gasteiger partial charge < -0.3 is 0 Å². The van der Waals surface area contributed by atoms with Crippen molar-refractivity contribution in [2.24, 2.45) is 5.92 Å². The summed E-state index contributed by atoms with van der Waals surface area (Å²) in [7, 11) is -3.58. The Labute approximate surface area is 130 Å². The van der Waals surface area contributed by atoms with Crippen LogP contribution < -0.4 is 4.72 Å². The number of aryl methyl sites for hydroxylation is 1. The summed E-state index contributed by atoms with van der Waals surface area (Å²) >= 11 is 0. The summed E-state index contributed by atoms with van der Waals surface area (Å²) in [6.45, 7) is 1.91. The molecule has 1 saturated carbocycles. The Bertz CT molecular complexity index is 750. The second-order valence-corrected chi connectivity index (χ2v) is 7.51. The van der Waals surface area contributed by atoms with Crippen LogP contribution in [-0.2, 0) is 10.0 Å². The fraction of sp³-hybridized carbons (Fsp3) is 0.294. The zero-order chi connectivity index (χ0) is 15.7. The topological polar surface area (TPSA) is 46.2 Å². The number of benzene rings is 2. The number of hydrogen-bond donors (Lipinski definition) is 1. The van der Waals surface area contributed by atoms with Gasteiger partial charge in [0, 0.05) is 6.04 Å². The van der Waals surface area contributed by atoms with Gasteiger partial charge in [-0.3, -0.25) is 0 Å². The van der Waals surface area contributed by atoms with Crippen LogP contribution in [0.15, 0.2) is 53.4 Å². The summed E-state index contributed by atoms with van der Waals surface area (Å²) in [6.07, 6.45) is 1.97. The minimum absolute atomic E-state index is 0.255. The van der Waals surface area contributed by atoms with Gasteiger partial charge in [-0.2, -0.15) is 0 Å². The molecule has 2 aromatic carbocycles. The van der Waals surface area contributed by atoms with E-state index in [9.17, 15) is 12.8 Å². The fourth-order valence-electron chi connectivity index (χ4n) is 2.49. The van der Waals surface area contributed by atoms with Crippen molar-refractivity contribution in [3.63, 3.8) is 0 Å². The molecule has 2 aromatic rings. The van der Waals surface area contributed by atoms with Gasteiger partial charge in [0.25, 0.3) is 0 Å². The van der Waals surface area contributed by atoms with Gasteiger partial charge in [0.05, 0.1) is 4.90 Å². The molecule has 0 amide bonds. The van der Waals surface area contributed by atoms with Crippen molar-refractivity contribution in [1.82, 2.24) is 4.72 Å². The lowest BCUT2D eigenvalue weighted by molar-refractivity contribution is 0.528. The van der Waals surface area contributed by atoms with E-state index in [-0.39, 0.29) is 22.7 Å². The molecule has 0 spiro atoms. The first-order valence-electron chi connectivity index (χ1n) is 7.30. The molecule has 1 aliphatic rings. The normalized spacial score (nSPS) is 16.5. The van der Waals surface area contributed by atoms with Crippen LogP contribution in [0.25, 0.3) is 0 Å². The van der Waals surface area contributed by atoms with Gasteiger partial charge in [-0.1, -0.05) is 29.8 Å². The van der Waals surface area contributed by atoms with Crippen LogP contribution in [0.4, 0.5) is 4.39 Å². The zero-order valence-electron chi connectivity index (χ0n) is 12.3. The van der Waals surface area contributed by atoms with Gasteiger partial charge in [0.1, 0.15) is 5.82 Å². The van der Waals surface area contributed by atoms with E-state index in [1.165, 1.54) is 12.1 Å². The largest absolute Gasteiger partial charge is 0.241 e. The molecule has 0 radical (unpaired) electrons. The highest BCUT2D eigenvalue weighted by Gasteiger charge is 2.35. The van der Waals surface area contributed by atoms with Crippen LogP contribution >= 0.6 is 0 Å². The molecule has 0 unspecified atom stereocenters. The quantitative estimate of drug-likeness (QED) is 0.916. The van der Waals surface area contributed by atoms with E-state index in [1.807, 2.05) is 6.92 Å². The van der Waals surface area contributed by atoms with E-state index < -0.39 is 10.0 Å². The Balaban J connectivity index is 1.87. The zero-order valence-corrected chi connectivity index (χ0v) is 13.1. The summed E-state index contributed by atoms with van der Waals surface area (Å²) in [6, 6.07) is 12.5. The minimum atomic E-state index is -3.58. The average Bonchev–Trinajstić information content (AvgIpc) is 3.31. The number of hydrogen-bond acceptors (Lipinski definition) is 2. The van der Waals surface area contributed by atoms with Crippen LogP contribution in [0.1, 0.15) is 30.0 Å². The van der Waals surface area contributed by atoms with E-state index in [2.05, 4.69) is 4.72 Å². The van der Waals surface area contributed by atoms with E-state index in [0.29, 0.717) is 0 Å². The molecule has 1 fully saturated rings. The first-order valence-corrected chi connectivity index (χ1v) is 8.78. The van der Waals surface area contributed by atoms with Crippen molar-refractivity contribution in [3.05, 3.63) is 65.5 Å². The van der Waals surface area contributed by atoms with Gasteiger partial charge in [-0.25, -0.2) is 17.5 Å². The van der Waals surface area contributed by atoms with Gasteiger partial charge in [-0.05, 0) is 55.5 Å². The summed E-state index contributed by atoms with van der Waals surface area (Å²) < 4.78 is 40.9. The lowest BCUT2D eigenvalue weighted by atomic mass is 10.0. The summed E-state index contributed by atoms with van der Waals surface area (Å²) in [5.41, 5.74) is 1.82. The monoisotopic (exact) mass is 319 g/mol. The van der Waals surface area contributed by atoms with E-state index in [1.54, 1.807) is 36.4 Å². The molecule has 5 heteroatoms. The molecule has 0 aliphatic heterocycles. The highest BCUT2D eigenvalue weighted by Crippen LogP contribution is 2.41. The van der Waals surface area contributed by atoms with Crippen LogP contribution in [0, 0.1) is 18.7 Å². The van der Waals surface area contributed by atoms with Crippen molar-refractivity contribution >= 4 is 10.0 Å². The summed E-state index contributed by atoms with van der Waals surface area (Å²) in [5.74, 6) is -0.0367. The Hall–Kier alpha value is -1.72. The summed E-state index contributed by atoms with van der Waals surface area (Å²) in [5, 5.41) is 0. The molecule has 1 aliphatic carbocycles. The van der Waals surface area contributed by atoms with Crippen molar-refractivity contribution in [3.8, 4) is 0 Å². The van der Waals surface area contributed by atoms with Crippen molar-refractivity contribution in [2.75, 3.05) is 0 Å². The lowest BCUT2D eigenvalue weighted by Crippen LogP contribution is -2.30. The lowest BCUT2D eigenvalue weighted by Gasteiger charge is -2.19. The van der Waals surface area contributed by atoms with E-state index in [0.717, 1.165) is 24.0 Å². The fourth-order valence-corrected chi connectivity index (χ4v) is 3.78. The average molecular weight is 319 g/mol. The number of halogens is 1. The predicted octanol–water partition coefficient (Wildman–Crippen LogP) is 3.56. The van der Waals surface area contributed by atoms with Gasteiger partial charge in [0.15, 0.2) is 0 Å². The second kappa shape index (κ2) is 5.82. The third-order valence-electron chi connectivity index (χ3n) is 3.94. The molecule has 116 valence electrons. The molecular weight excluding hydrogens is 301 g/mol. The Morgan fingerprint density at radius 2 is 1.64 bits per heavy atom. The molecule has 3 rings (SSSR count). The number of rotatable bonds is 5. The molecule has 0 saturated heterocycles. The second-order valence-electron chi connectivity index (χ2n) is 5.80. The number of nitrogens with one attached hydrogen (secondary N) is 1. The minimum Gasteiger partial charge on any atom is -0.207 e. The van der Waals surface area contributed by atoms with Crippen molar-refractivity contribution in [2.45, 2.75) is 30.7 Å². The molecule has 0 bridgehead atoms. The smallest absolute Gasteiger partial charge is 0.207 e. The Morgan fingerprint density at radius 1 is 1.05 bits per heavy atom. The molecule has 0 heterocycles. The third-order valence-corrected chi connectivity index (χ3v) is 5.39. The molecule has 1 N–H and O–H groups in total. The Kier molecular flexibility index (Phi) is 4.02. The maximum absolute atomic E-state index is 13.1.